The van der Waals surface area contributed by atoms with Gasteiger partial charge < -0.3 is 9.47 Å². The molecule has 0 aliphatic heterocycles. The Hall–Kier alpha value is -2.25. The van der Waals surface area contributed by atoms with Gasteiger partial charge in [0.05, 0.1) is 18.5 Å². The van der Waals surface area contributed by atoms with Crippen LogP contribution in [0.4, 0.5) is 19.3 Å². The van der Waals surface area contributed by atoms with E-state index in [2.05, 4.69) is 15.0 Å². The van der Waals surface area contributed by atoms with E-state index in [1.807, 2.05) is 0 Å². The predicted molar refractivity (Wildman–Crippen MR) is 74.6 cm³/mol. The van der Waals surface area contributed by atoms with Crippen LogP contribution in [0.2, 0.25) is 0 Å². The third kappa shape index (κ3) is 4.94. The summed E-state index contributed by atoms with van der Waals surface area (Å²) >= 11 is 0. The Bertz CT molecular complexity index is 539. The summed E-state index contributed by atoms with van der Waals surface area (Å²) in [5, 5.41) is 2.35. The summed E-state index contributed by atoms with van der Waals surface area (Å²) in [6.07, 6.45) is 0.269. The fraction of sp³-hybridized carbons (Fsp3) is 0.500. The average molecular weight is 316 g/mol. The van der Waals surface area contributed by atoms with E-state index in [1.54, 1.807) is 20.8 Å². The Morgan fingerprint density at radius 3 is 2.36 bits per heavy atom. The number of nitrogens with zero attached hydrogens (tertiary/aromatic N) is 1. The summed E-state index contributed by atoms with van der Waals surface area (Å²) in [5.41, 5.74) is -1.28. The number of alkyl halides is 2. The first-order chi connectivity index (χ1) is 10.1. The molecular formula is C14H18F2N2O4. The number of ether oxygens (including phenoxy) is 2. The van der Waals surface area contributed by atoms with Gasteiger partial charge >= 0.3 is 18.0 Å². The Morgan fingerprint density at radius 1 is 1.27 bits per heavy atom. The lowest BCUT2D eigenvalue weighted by atomic mass is 10.2. The van der Waals surface area contributed by atoms with Crippen LogP contribution in [0, 0.1) is 0 Å². The summed E-state index contributed by atoms with van der Waals surface area (Å²) in [4.78, 5) is 26.2. The van der Waals surface area contributed by atoms with E-state index in [1.165, 1.54) is 13.0 Å². The number of halogens is 2. The van der Waals surface area contributed by atoms with Crippen molar-refractivity contribution in [2.45, 2.75) is 39.2 Å². The van der Waals surface area contributed by atoms with Crippen LogP contribution in [-0.4, -0.2) is 29.3 Å². The standard InChI is InChI=1S/C14H18F2N2O4/c1-5-21-11(19)14(15,16)10-7-6-9(8-17-10)18-12(20)22-13(2,3)4/h6-8H,5H2,1-4H3,(H,18,20). The van der Waals surface area contributed by atoms with Gasteiger partial charge in [-0.3, -0.25) is 10.3 Å². The van der Waals surface area contributed by atoms with Crippen molar-refractivity contribution in [1.29, 1.82) is 0 Å². The molecule has 0 atom stereocenters. The number of aromatic nitrogens is 1. The van der Waals surface area contributed by atoms with Crippen LogP contribution < -0.4 is 5.32 Å². The molecule has 0 saturated heterocycles. The second-order valence-corrected chi connectivity index (χ2v) is 5.35. The first-order valence-electron chi connectivity index (χ1n) is 6.58. The molecule has 8 heteroatoms. The van der Waals surface area contributed by atoms with Gasteiger partial charge in [0.2, 0.25) is 0 Å². The second kappa shape index (κ2) is 6.67. The largest absolute Gasteiger partial charge is 0.461 e. The van der Waals surface area contributed by atoms with Gasteiger partial charge in [0.25, 0.3) is 0 Å². The van der Waals surface area contributed by atoms with Crippen molar-refractivity contribution >= 4 is 17.7 Å². The maximum Gasteiger partial charge on any atom is 0.412 e. The first kappa shape index (κ1) is 17.8. The highest BCUT2D eigenvalue weighted by molar-refractivity contribution is 5.84. The number of carbonyl (C=O) groups excluding carboxylic acids is 2. The van der Waals surface area contributed by atoms with Crippen molar-refractivity contribution < 1.29 is 27.8 Å². The summed E-state index contributed by atoms with van der Waals surface area (Å²) in [6, 6.07) is 2.13. The van der Waals surface area contributed by atoms with E-state index in [0.29, 0.717) is 0 Å². The fourth-order valence-corrected chi connectivity index (χ4v) is 1.40. The molecular weight excluding hydrogens is 298 g/mol. The lowest BCUT2D eigenvalue weighted by Crippen LogP contribution is -2.29. The van der Waals surface area contributed by atoms with Gasteiger partial charge in [-0.15, -0.1) is 0 Å². The molecule has 0 radical (unpaired) electrons. The number of amides is 1. The highest BCUT2D eigenvalue weighted by atomic mass is 19.3. The average Bonchev–Trinajstić information content (AvgIpc) is 2.37. The Morgan fingerprint density at radius 2 is 1.91 bits per heavy atom. The van der Waals surface area contributed by atoms with Crippen LogP contribution in [0.5, 0.6) is 0 Å². The zero-order valence-corrected chi connectivity index (χ0v) is 12.8. The topological polar surface area (TPSA) is 77.5 Å². The molecule has 0 fully saturated rings. The molecule has 1 aromatic heterocycles. The van der Waals surface area contributed by atoms with Gasteiger partial charge in [-0.2, -0.15) is 8.78 Å². The van der Waals surface area contributed by atoms with Gasteiger partial charge in [-0.25, -0.2) is 9.59 Å². The molecule has 0 aliphatic carbocycles. The van der Waals surface area contributed by atoms with Crippen LogP contribution in [0.25, 0.3) is 0 Å². The van der Waals surface area contributed by atoms with Crippen molar-refractivity contribution in [3.63, 3.8) is 0 Å². The smallest absolute Gasteiger partial charge is 0.412 e. The molecule has 6 nitrogen and oxygen atoms in total. The minimum Gasteiger partial charge on any atom is -0.461 e. The summed E-state index contributed by atoms with van der Waals surface area (Å²) in [6.45, 7) is 6.33. The van der Waals surface area contributed by atoms with E-state index >= 15 is 0 Å². The van der Waals surface area contributed by atoms with Gasteiger partial charge in [0.15, 0.2) is 0 Å². The van der Waals surface area contributed by atoms with Crippen LogP contribution in [0.1, 0.15) is 33.4 Å². The van der Waals surface area contributed by atoms with E-state index in [9.17, 15) is 18.4 Å². The lowest BCUT2D eigenvalue weighted by Gasteiger charge is -2.19. The summed E-state index contributed by atoms with van der Waals surface area (Å²) in [5.74, 6) is -5.52. The van der Waals surface area contributed by atoms with E-state index in [4.69, 9.17) is 4.74 Å². The minimum absolute atomic E-state index is 0.160. The molecule has 0 bridgehead atoms. The van der Waals surface area contributed by atoms with Crippen LogP contribution >= 0.6 is 0 Å². The quantitative estimate of drug-likeness (QED) is 0.864. The molecule has 0 spiro atoms. The van der Waals surface area contributed by atoms with Gasteiger partial charge in [-0.1, -0.05) is 0 Å². The zero-order chi connectivity index (χ0) is 17.0. The molecule has 122 valence electrons. The van der Waals surface area contributed by atoms with Gasteiger partial charge in [-0.05, 0) is 39.8 Å². The summed E-state index contributed by atoms with van der Waals surface area (Å²) in [7, 11) is 0. The highest BCUT2D eigenvalue weighted by Crippen LogP contribution is 2.28. The second-order valence-electron chi connectivity index (χ2n) is 5.35. The molecule has 22 heavy (non-hydrogen) atoms. The number of esters is 1. The number of hydrogen-bond acceptors (Lipinski definition) is 5. The Balaban J connectivity index is 2.78. The third-order valence-corrected chi connectivity index (χ3v) is 2.26. The van der Waals surface area contributed by atoms with Crippen LogP contribution in [0.3, 0.4) is 0 Å². The van der Waals surface area contributed by atoms with Crippen molar-refractivity contribution in [2.75, 3.05) is 11.9 Å². The maximum atomic E-state index is 13.7. The SMILES string of the molecule is CCOC(=O)C(F)(F)c1ccc(NC(=O)OC(C)(C)C)cn1. The molecule has 0 aromatic carbocycles. The Kier molecular flexibility index (Phi) is 5.40. The number of anilines is 1. The molecule has 1 aromatic rings. The third-order valence-electron chi connectivity index (χ3n) is 2.26. The first-order valence-corrected chi connectivity index (χ1v) is 6.58. The number of pyridine rings is 1. The monoisotopic (exact) mass is 316 g/mol. The van der Waals surface area contributed by atoms with Crippen molar-refractivity contribution in [3.05, 3.63) is 24.0 Å². The Labute approximate surface area is 126 Å². The number of hydrogen-bond donors (Lipinski definition) is 1. The molecule has 1 N–H and O–H groups in total. The zero-order valence-electron chi connectivity index (χ0n) is 12.8. The molecule has 0 aliphatic rings. The fourth-order valence-electron chi connectivity index (χ4n) is 1.40. The predicted octanol–water partition coefficient (Wildman–Crippen LogP) is 3.08. The number of rotatable bonds is 4. The maximum absolute atomic E-state index is 13.7. The van der Waals surface area contributed by atoms with Crippen LogP contribution in [-0.2, 0) is 20.2 Å². The molecule has 0 unspecified atom stereocenters. The number of carbonyl (C=O) groups is 2. The van der Waals surface area contributed by atoms with Gasteiger partial charge in [0.1, 0.15) is 11.3 Å². The van der Waals surface area contributed by atoms with Crippen molar-refractivity contribution in [1.82, 2.24) is 4.98 Å². The molecule has 1 amide bonds. The molecule has 1 heterocycles. The molecule has 1 rings (SSSR count). The highest BCUT2D eigenvalue weighted by Gasteiger charge is 2.44. The van der Waals surface area contributed by atoms with E-state index in [-0.39, 0.29) is 12.3 Å². The van der Waals surface area contributed by atoms with Crippen molar-refractivity contribution in [2.24, 2.45) is 0 Å². The van der Waals surface area contributed by atoms with Crippen molar-refractivity contribution in [3.8, 4) is 0 Å². The van der Waals surface area contributed by atoms with Crippen LogP contribution in [0.15, 0.2) is 18.3 Å². The summed E-state index contributed by atoms with van der Waals surface area (Å²) < 4.78 is 36.7. The molecule has 0 saturated carbocycles. The van der Waals surface area contributed by atoms with E-state index in [0.717, 1.165) is 12.3 Å². The lowest BCUT2D eigenvalue weighted by molar-refractivity contribution is -0.173. The van der Waals surface area contributed by atoms with Gasteiger partial charge in [0, 0.05) is 0 Å². The van der Waals surface area contributed by atoms with E-state index < -0.39 is 29.3 Å². The number of nitrogens with one attached hydrogen (secondary N) is 1. The normalized spacial score (nSPS) is 11.7. The minimum atomic E-state index is -3.85.